The summed E-state index contributed by atoms with van der Waals surface area (Å²) in [6.07, 6.45) is 0. The number of carbonyl (C=O) groups is 5. The molecule has 3 saturated heterocycles. The van der Waals surface area contributed by atoms with Gasteiger partial charge in [-0.05, 0) is 26.3 Å². The van der Waals surface area contributed by atoms with E-state index < -0.39 is 40.8 Å². The Kier molecular flexibility index (Phi) is 5.61. The van der Waals surface area contributed by atoms with E-state index in [1.54, 1.807) is 30.3 Å². The van der Waals surface area contributed by atoms with E-state index in [9.17, 15) is 24.0 Å². The molecule has 1 aromatic carbocycles. The maximum atomic E-state index is 13.2. The second-order valence-electron chi connectivity index (χ2n) is 8.53. The molecular formula is C21H25N5O5S. The number of nitrogens with zero attached hydrogens (tertiary/aromatic N) is 2. The number of carbonyl (C=O) groups excluding carboxylic acids is 5. The Hall–Kier alpha value is -3.08. The quantitative estimate of drug-likeness (QED) is 0.553. The molecule has 4 atom stereocenters. The standard InChI is InChI=1S/C21H25N5O5S/c1-11(27)15-21(2,3)32-18-14(17(29)26(15)18)23-16(28)13(12-7-5-4-6-8-12)24-20(31)25-10-9-22-19(25)30/h4-8,13-15,18H,9-10H2,1-3H3,(H,22,30)(H,23,28)(H,24,31). The van der Waals surface area contributed by atoms with Crippen LogP contribution in [-0.2, 0) is 14.4 Å². The van der Waals surface area contributed by atoms with Gasteiger partial charge in [0.15, 0.2) is 5.78 Å². The molecular weight excluding hydrogens is 434 g/mol. The second kappa shape index (κ2) is 8.12. The van der Waals surface area contributed by atoms with Crippen molar-refractivity contribution < 1.29 is 24.0 Å². The number of hydrogen-bond acceptors (Lipinski definition) is 6. The van der Waals surface area contributed by atoms with Gasteiger partial charge in [-0.3, -0.25) is 14.4 Å². The number of β-lactam (4-membered cyclic amide) rings is 1. The number of nitrogens with one attached hydrogen (secondary N) is 3. The molecule has 1 aromatic rings. The highest BCUT2D eigenvalue weighted by Crippen LogP contribution is 2.51. The third-order valence-electron chi connectivity index (χ3n) is 5.89. The molecule has 0 bridgehead atoms. The van der Waals surface area contributed by atoms with Crippen LogP contribution in [0.3, 0.4) is 0 Å². The first-order valence-corrected chi connectivity index (χ1v) is 11.2. The Bertz CT molecular complexity index is 984. The number of thioether (sulfide) groups is 1. The minimum absolute atomic E-state index is 0.0959. The van der Waals surface area contributed by atoms with Gasteiger partial charge in [-0.2, -0.15) is 0 Å². The van der Waals surface area contributed by atoms with Crippen molar-refractivity contribution >= 4 is 41.4 Å². The van der Waals surface area contributed by atoms with Crippen LogP contribution >= 0.6 is 11.8 Å². The van der Waals surface area contributed by atoms with E-state index in [0.717, 1.165) is 4.90 Å². The summed E-state index contributed by atoms with van der Waals surface area (Å²) in [7, 11) is 0. The van der Waals surface area contributed by atoms with Crippen LogP contribution in [0.25, 0.3) is 0 Å². The van der Waals surface area contributed by atoms with Crippen molar-refractivity contribution in [3.05, 3.63) is 35.9 Å². The zero-order chi connectivity index (χ0) is 23.2. The average molecular weight is 460 g/mol. The van der Waals surface area contributed by atoms with Crippen LogP contribution in [0.15, 0.2) is 30.3 Å². The normalized spacial score (nSPS) is 26.7. The number of urea groups is 2. The van der Waals surface area contributed by atoms with Gasteiger partial charge >= 0.3 is 12.1 Å². The van der Waals surface area contributed by atoms with Crippen LogP contribution < -0.4 is 16.0 Å². The molecule has 0 radical (unpaired) electrons. The molecule has 0 saturated carbocycles. The third-order valence-corrected chi connectivity index (χ3v) is 7.46. The average Bonchev–Trinajstić information content (AvgIpc) is 3.29. The van der Waals surface area contributed by atoms with Crippen LogP contribution in [0.5, 0.6) is 0 Å². The zero-order valence-electron chi connectivity index (χ0n) is 18.0. The molecule has 3 N–H and O–H groups in total. The van der Waals surface area contributed by atoms with Gasteiger partial charge in [-0.25, -0.2) is 14.5 Å². The monoisotopic (exact) mass is 459 g/mol. The highest BCUT2D eigenvalue weighted by molar-refractivity contribution is 8.01. The fourth-order valence-corrected chi connectivity index (χ4v) is 6.15. The predicted molar refractivity (Wildman–Crippen MR) is 117 cm³/mol. The fourth-order valence-electron chi connectivity index (χ4n) is 4.46. The highest BCUT2D eigenvalue weighted by Gasteiger charge is 2.63. The van der Waals surface area contributed by atoms with Gasteiger partial charge in [0, 0.05) is 17.8 Å². The van der Waals surface area contributed by atoms with E-state index in [1.165, 1.54) is 23.6 Å². The Morgan fingerprint density at radius 2 is 1.88 bits per heavy atom. The Morgan fingerprint density at radius 1 is 1.19 bits per heavy atom. The number of amides is 6. The minimum Gasteiger partial charge on any atom is -0.340 e. The predicted octanol–water partition coefficient (Wildman–Crippen LogP) is 0.599. The van der Waals surface area contributed by atoms with Crippen molar-refractivity contribution in [3.8, 4) is 0 Å². The zero-order valence-corrected chi connectivity index (χ0v) is 18.8. The van der Waals surface area contributed by atoms with Crippen molar-refractivity contribution in [1.29, 1.82) is 0 Å². The summed E-state index contributed by atoms with van der Waals surface area (Å²) in [5, 5.41) is 7.54. The van der Waals surface area contributed by atoms with Crippen LogP contribution in [0.2, 0.25) is 0 Å². The van der Waals surface area contributed by atoms with Gasteiger partial charge in [0.2, 0.25) is 11.8 Å². The number of Topliss-reactive ketones (excluding diaryl/α,β-unsaturated/α-hetero) is 1. The van der Waals surface area contributed by atoms with Gasteiger partial charge in [-0.1, -0.05) is 30.3 Å². The van der Waals surface area contributed by atoms with E-state index in [0.29, 0.717) is 12.1 Å². The van der Waals surface area contributed by atoms with Crippen LogP contribution in [0, 0.1) is 0 Å². The number of rotatable bonds is 5. The summed E-state index contributed by atoms with van der Waals surface area (Å²) in [6, 6.07) is 4.94. The summed E-state index contributed by atoms with van der Waals surface area (Å²) >= 11 is 1.47. The lowest BCUT2D eigenvalue weighted by Gasteiger charge is -2.44. The molecule has 170 valence electrons. The fraction of sp³-hybridized carbons (Fsp3) is 0.476. The largest absolute Gasteiger partial charge is 0.340 e. The van der Waals surface area contributed by atoms with Crippen molar-refractivity contribution in [2.24, 2.45) is 0 Å². The van der Waals surface area contributed by atoms with E-state index >= 15 is 0 Å². The molecule has 0 aliphatic carbocycles. The van der Waals surface area contributed by atoms with Gasteiger partial charge in [0.25, 0.3) is 0 Å². The molecule has 32 heavy (non-hydrogen) atoms. The minimum atomic E-state index is -1.10. The molecule has 10 nitrogen and oxygen atoms in total. The number of imide groups is 1. The van der Waals surface area contributed by atoms with Crippen molar-refractivity contribution in [2.75, 3.05) is 13.1 Å². The van der Waals surface area contributed by atoms with E-state index in [1.807, 2.05) is 13.8 Å². The van der Waals surface area contributed by atoms with Gasteiger partial charge < -0.3 is 20.9 Å². The highest BCUT2D eigenvalue weighted by atomic mass is 32.2. The third kappa shape index (κ3) is 3.70. The second-order valence-corrected chi connectivity index (χ2v) is 10.3. The summed E-state index contributed by atoms with van der Waals surface area (Å²) in [6.45, 7) is 5.81. The molecule has 4 unspecified atom stereocenters. The SMILES string of the molecule is CC(=O)C1N2C(=O)C(NC(=O)C(NC(=O)N3CCNC3=O)c3ccccc3)C2SC1(C)C. The summed E-state index contributed by atoms with van der Waals surface area (Å²) < 4.78 is -0.470. The maximum Gasteiger partial charge on any atom is 0.326 e. The summed E-state index contributed by atoms with van der Waals surface area (Å²) in [5.74, 6) is -0.980. The molecule has 3 aliphatic rings. The number of fused-ring (bicyclic) bond motifs is 1. The van der Waals surface area contributed by atoms with Crippen LogP contribution in [0.1, 0.15) is 32.4 Å². The van der Waals surface area contributed by atoms with Gasteiger partial charge in [0.1, 0.15) is 23.5 Å². The van der Waals surface area contributed by atoms with Gasteiger partial charge in [-0.15, -0.1) is 11.8 Å². The molecule has 3 aliphatic heterocycles. The van der Waals surface area contributed by atoms with Crippen LogP contribution in [0.4, 0.5) is 9.59 Å². The first kappa shape index (κ1) is 22.1. The molecule has 11 heteroatoms. The molecule has 4 rings (SSSR count). The molecule has 6 amide bonds. The Balaban J connectivity index is 1.51. The molecule has 0 spiro atoms. The van der Waals surface area contributed by atoms with Crippen molar-refractivity contribution in [3.63, 3.8) is 0 Å². The van der Waals surface area contributed by atoms with Crippen LogP contribution in [-0.4, -0.2) is 74.8 Å². The lowest BCUT2D eigenvalue weighted by Crippen LogP contribution is -2.71. The lowest BCUT2D eigenvalue weighted by molar-refractivity contribution is -0.154. The number of hydrogen-bond donors (Lipinski definition) is 3. The number of ketones is 1. The van der Waals surface area contributed by atoms with E-state index in [4.69, 9.17) is 0 Å². The molecule has 3 fully saturated rings. The first-order chi connectivity index (χ1) is 15.1. The summed E-state index contributed by atoms with van der Waals surface area (Å²) in [5.41, 5.74) is 0.516. The molecule has 3 heterocycles. The van der Waals surface area contributed by atoms with Gasteiger partial charge in [0.05, 0.1) is 0 Å². The smallest absolute Gasteiger partial charge is 0.326 e. The van der Waals surface area contributed by atoms with Crippen molar-refractivity contribution in [2.45, 2.75) is 49.0 Å². The Morgan fingerprint density at radius 3 is 2.47 bits per heavy atom. The number of benzene rings is 1. The first-order valence-electron chi connectivity index (χ1n) is 10.3. The van der Waals surface area contributed by atoms with Crippen molar-refractivity contribution in [1.82, 2.24) is 25.8 Å². The Labute approximate surface area is 189 Å². The lowest BCUT2D eigenvalue weighted by atomic mass is 9.93. The van der Waals surface area contributed by atoms with E-state index in [2.05, 4.69) is 16.0 Å². The maximum absolute atomic E-state index is 13.2. The topological polar surface area (TPSA) is 128 Å². The van der Waals surface area contributed by atoms with E-state index in [-0.39, 0.29) is 23.6 Å². The molecule has 0 aromatic heterocycles. The summed E-state index contributed by atoms with van der Waals surface area (Å²) in [4.78, 5) is 65.1.